The molecule has 0 spiro atoms. The molecule has 3 aromatic heterocycles. The Morgan fingerprint density at radius 2 is 1.95 bits per heavy atom. The lowest BCUT2D eigenvalue weighted by Crippen LogP contribution is -2.31. The summed E-state index contributed by atoms with van der Waals surface area (Å²) in [5.74, 6) is -0.988. The number of hydrogen-bond donors (Lipinski definition) is 0. The van der Waals surface area contributed by atoms with Gasteiger partial charge in [0, 0.05) is 24.7 Å². The van der Waals surface area contributed by atoms with E-state index in [0.717, 1.165) is 18.6 Å². The summed E-state index contributed by atoms with van der Waals surface area (Å²) in [6.07, 6.45) is 3.75. The average Bonchev–Trinajstić information content (AvgIpc) is 3.31. The van der Waals surface area contributed by atoms with Crippen LogP contribution in [0.1, 0.15) is 33.9 Å². The first-order valence-electron chi connectivity index (χ1n) is 13.1. The van der Waals surface area contributed by atoms with Crippen LogP contribution in [0, 0.1) is 11.6 Å². The summed E-state index contributed by atoms with van der Waals surface area (Å²) in [5, 5.41) is 0.261. The number of esters is 1. The van der Waals surface area contributed by atoms with Gasteiger partial charge in [0.25, 0.3) is 0 Å². The summed E-state index contributed by atoms with van der Waals surface area (Å²) in [4.78, 5) is 29.2. The molecular weight excluding hydrogens is 568 g/mol. The topological polar surface area (TPSA) is 101 Å². The zero-order chi connectivity index (χ0) is 29.2. The molecule has 1 saturated heterocycles. The maximum atomic E-state index is 15.5. The monoisotopic (exact) mass is 591 g/mol. The van der Waals surface area contributed by atoms with Crippen LogP contribution in [0.3, 0.4) is 0 Å². The van der Waals surface area contributed by atoms with Gasteiger partial charge >= 0.3 is 5.97 Å². The molecule has 9 nitrogen and oxygen atoms in total. The van der Waals surface area contributed by atoms with Gasteiger partial charge < -0.3 is 18.8 Å². The molecule has 12 heteroatoms. The van der Waals surface area contributed by atoms with E-state index in [4.69, 9.17) is 25.8 Å². The molecule has 0 radical (unpaired) electrons. The van der Waals surface area contributed by atoms with Crippen molar-refractivity contribution in [3.8, 4) is 17.1 Å². The largest absolute Gasteiger partial charge is 0.471 e. The van der Waals surface area contributed by atoms with Gasteiger partial charge in [0.05, 0.1) is 60.1 Å². The van der Waals surface area contributed by atoms with E-state index in [9.17, 15) is 4.79 Å². The maximum Gasteiger partial charge on any atom is 0.337 e. The summed E-state index contributed by atoms with van der Waals surface area (Å²) in [6, 6.07) is 12.1. The Kier molecular flexibility index (Phi) is 7.77. The molecule has 0 saturated carbocycles. The highest BCUT2D eigenvalue weighted by molar-refractivity contribution is 6.29. The van der Waals surface area contributed by atoms with Crippen LogP contribution in [0.2, 0.25) is 5.15 Å². The van der Waals surface area contributed by atoms with Crippen LogP contribution >= 0.6 is 11.6 Å². The van der Waals surface area contributed by atoms with E-state index < -0.39 is 17.6 Å². The third kappa shape index (κ3) is 5.79. The fourth-order valence-corrected chi connectivity index (χ4v) is 4.78. The number of aromatic nitrogens is 5. The smallest absolute Gasteiger partial charge is 0.337 e. The Bertz CT molecular complexity index is 1780. The number of carbonyl (C=O) groups is 1. The minimum Gasteiger partial charge on any atom is -0.471 e. The molecule has 0 amide bonds. The number of carbonyl (C=O) groups excluding carboxylic acids is 1. The van der Waals surface area contributed by atoms with Crippen molar-refractivity contribution in [2.45, 2.75) is 32.1 Å². The van der Waals surface area contributed by atoms with Crippen molar-refractivity contribution >= 4 is 28.6 Å². The molecule has 5 aromatic rings. The molecule has 6 rings (SSSR count). The van der Waals surface area contributed by atoms with Crippen LogP contribution in [0.4, 0.5) is 8.78 Å². The molecular formula is C30H24ClF2N5O4. The van der Waals surface area contributed by atoms with Crippen LogP contribution in [-0.4, -0.2) is 50.3 Å². The Labute approximate surface area is 244 Å². The highest BCUT2D eigenvalue weighted by atomic mass is 35.5. The van der Waals surface area contributed by atoms with Crippen molar-refractivity contribution in [3.05, 3.63) is 100 Å². The first kappa shape index (κ1) is 27.7. The van der Waals surface area contributed by atoms with E-state index in [2.05, 4.69) is 19.9 Å². The van der Waals surface area contributed by atoms with Crippen molar-refractivity contribution in [3.63, 3.8) is 0 Å². The first-order chi connectivity index (χ1) is 20.4. The van der Waals surface area contributed by atoms with Gasteiger partial charge in [-0.1, -0.05) is 17.7 Å². The zero-order valence-corrected chi connectivity index (χ0v) is 23.1. The van der Waals surface area contributed by atoms with Crippen LogP contribution in [0.5, 0.6) is 5.88 Å². The summed E-state index contributed by atoms with van der Waals surface area (Å²) >= 11 is 5.76. The van der Waals surface area contributed by atoms with Crippen LogP contribution in [0.25, 0.3) is 22.3 Å². The fourth-order valence-electron chi connectivity index (χ4n) is 4.69. The highest BCUT2D eigenvalue weighted by Gasteiger charge is 2.24. The van der Waals surface area contributed by atoms with E-state index in [1.807, 2.05) is 4.57 Å². The number of fused-ring (bicyclic) bond motifs is 1. The number of pyridine rings is 1. The van der Waals surface area contributed by atoms with E-state index in [0.29, 0.717) is 41.3 Å². The van der Waals surface area contributed by atoms with Crippen LogP contribution < -0.4 is 4.74 Å². The van der Waals surface area contributed by atoms with Crippen molar-refractivity contribution < 1.29 is 27.8 Å². The SMILES string of the molecule is COC(=O)c1ccc2nc(Cc3cc(F)c(-c4cccc(OCc5cnc(Cl)cn5)n4)cc3F)n(C[C@@H]3CCO3)c2c1. The number of methoxy groups -OCH3 is 1. The van der Waals surface area contributed by atoms with Gasteiger partial charge in [-0.15, -0.1) is 0 Å². The molecule has 1 aliphatic heterocycles. The van der Waals surface area contributed by atoms with Gasteiger partial charge in [0.15, 0.2) is 0 Å². The Morgan fingerprint density at radius 1 is 1.10 bits per heavy atom. The molecule has 1 fully saturated rings. The maximum absolute atomic E-state index is 15.5. The van der Waals surface area contributed by atoms with Crippen molar-refractivity contribution in [2.24, 2.45) is 0 Å². The normalized spacial score (nSPS) is 14.5. The van der Waals surface area contributed by atoms with Crippen molar-refractivity contribution in [2.75, 3.05) is 13.7 Å². The van der Waals surface area contributed by atoms with E-state index in [1.165, 1.54) is 19.5 Å². The number of benzene rings is 2. The molecule has 2 aromatic carbocycles. The summed E-state index contributed by atoms with van der Waals surface area (Å²) in [5.41, 5.74) is 2.54. The molecule has 1 aliphatic rings. The van der Waals surface area contributed by atoms with Gasteiger partial charge in [0.1, 0.15) is 29.2 Å². The van der Waals surface area contributed by atoms with E-state index in [1.54, 1.807) is 36.4 Å². The van der Waals surface area contributed by atoms with Crippen LogP contribution in [0.15, 0.2) is 60.9 Å². The molecule has 0 aliphatic carbocycles. The van der Waals surface area contributed by atoms with Gasteiger partial charge in [-0.3, -0.25) is 4.98 Å². The molecule has 1 atom stereocenters. The summed E-state index contributed by atoms with van der Waals surface area (Å²) in [6.45, 7) is 1.21. The second-order valence-electron chi connectivity index (χ2n) is 9.70. The highest BCUT2D eigenvalue weighted by Crippen LogP contribution is 2.29. The van der Waals surface area contributed by atoms with Gasteiger partial charge in [-0.25, -0.2) is 28.5 Å². The number of hydrogen-bond acceptors (Lipinski definition) is 8. The predicted octanol–water partition coefficient (Wildman–Crippen LogP) is 5.57. The predicted molar refractivity (Wildman–Crippen MR) is 149 cm³/mol. The first-order valence-corrected chi connectivity index (χ1v) is 13.5. The number of rotatable bonds is 9. The lowest BCUT2D eigenvalue weighted by molar-refractivity contribution is -0.0589. The number of imidazole rings is 1. The Hall–Kier alpha value is -4.48. The lowest BCUT2D eigenvalue weighted by Gasteiger charge is -2.27. The minimum atomic E-state index is -0.641. The zero-order valence-electron chi connectivity index (χ0n) is 22.4. The van der Waals surface area contributed by atoms with Gasteiger partial charge in [-0.2, -0.15) is 0 Å². The summed E-state index contributed by atoms with van der Waals surface area (Å²) in [7, 11) is 1.31. The van der Waals surface area contributed by atoms with E-state index >= 15 is 8.78 Å². The van der Waals surface area contributed by atoms with Crippen molar-refractivity contribution in [1.29, 1.82) is 0 Å². The molecule has 0 bridgehead atoms. The molecule has 214 valence electrons. The number of ether oxygens (including phenoxy) is 3. The third-order valence-electron chi connectivity index (χ3n) is 6.95. The van der Waals surface area contributed by atoms with Crippen molar-refractivity contribution in [1.82, 2.24) is 24.5 Å². The lowest BCUT2D eigenvalue weighted by atomic mass is 10.0. The van der Waals surface area contributed by atoms with E-state index in [-0.39, 0.29) is 47.0 Å². The van der Waals surface area contributed by atoms with Gasteiger partial charge in [0.2, 0.25) is 5.88 Å². The quantitative estimate of drug-likeness (QED) is 0.205. The molecule has 0 unspecified atom stereocenters. The molecule has 4 heterocycles. The number of halogens is 3. The third-order valence-corrected chi connectivity index (χ3v) is 7.15. The van der Waals surface area contributed by atoms with Gasteiger partial charge in [-0.05, 0) is 48.4 Å². The number of nitrogens with zero attached hydrogens (tertiary/aromatic N) is 5. The molecule has 42 heavy (non-hydrogen) atoms. The second-order valence-corrected chi connectivity index (χ2v) is 10.1. The Balaban J connectivity index is 1.27. The second kappa shape index (κ2) is 11.8. The Morgan fingerprint density at radius 3 is 2.69 bits per heavy atom. The summed E-state index contributed by atoms with van der Waals surface area (Å²) < 4.78 is 48.9. The van der Waals surface area contributed by atoms with Crippen LogP contribution in [-0.2, 0) is 29.0 Å². The molecule has 0 N–H and O–H groups in total. The standard InChI is InChI=1S/C30H24ClF2N5O4/c1-40-30(39)17-5-6-25-26(10-17)38(15-20-7-8-41-20)28(36-25)11-18-9-23(33)21(12-22(18)32)24-3-2-4-29(37-24)42-16-19-13-35-27(31)14-34-19/h2-6,9-10,12-14,20H,7-8,11,15-16H2,1H3/t20-/m0/s1. The minimum absolute atomic E-state index is 0.00734. The fraction of sp³-hybridized carbons (Fsp3) is 0.233. The average molecular weight is 592 g/mol.